The molecule has 2 N–H and O–H groups in total. The zero-order valence-corrected chi connectivity index (χ0v) is 23.8. The van der Waals surface area contributed by atoms with E-state index in [0.717, 1.165) is 35.7 Å². The number of hydrogen-bond donors (Lipinski definition) is 2. The Bertz CT molecular complexity index is 1380. The Kier molecular flexibility index (Phi) is 8.24. The number of carbonyl (C=O) groups excluding carboxylic acids is 2. The summed E-state index contributed by atoms with van der Waals surface area (Å²) < 4.78 is 0. The van der Waals surface area contributed by atoms with Crippen LogP contribution in [0.1, 0.15) is 104 Å². The lowest BCUT2D eigenvalue weighted by Gasteiger charge is -2.22. The van der Waals surface area contributed by atoms with Gasteiger partial charge in [-0.05, 0) is 46.3 Å². The van der Waals surface area contributed by atoms with Gasteiger partial charge in [-0.1, -0.05) is 96.7 Å². The maximum atomic E-state index is 13.4. The number of hydrogen-bond acceptors (Lipinski definition) is 4. The third-order valence-corrected chi connectivity index (χ3v) is 7.73. The van der Waals surface area contributed by atoms with E-state index in [0.29, 0.717) is 22.7 Å². The van der Waals surface area contributed by atoms with E-state index in [1.54, 1.807) is 6.07 Å². The van der Waals surface area contributed by atoms with E-state index >= 15 is 0 Å². The molecule has 0 bridgehead atoms. The number of rotatable bonds is 9. The predicted molar refractivity (Wildman–Crippen MR) is 154 cm³/mol. The smallest absolute Gasteiger partial charge is 0.303 e. The maximum absolute atomic E-state index is 13.4. The van der Waals surface area contributed by atoms with Crippen LogP contribution in [0.25, 0.3) is 10.8 Å². The number of carbonyl (C=O) groups is 3. The molecule has 206 valence electrons. The van der Waals surface area contributed by atoms with Gasteiger partial charge in [-0.3, -0.25) is 14.4 Å². The average molecular weight is 529 g/mol. The van der Waals surface area contributed by atoms with Crippen LogP contribution in [-0.4, -0.2) is 34.3 Å². The molecule has 1 fully saturated rings. The Morgan fingerprint density at radius 1 is 0.923 bits per heavy atom. The summed E-state index contributed by atoms with van der Waals surface area (Å²) in [6, 6.07) is 15.2. The molecule has 1 amide bonds. The van der Waals surface area contributed by atoms with Crippen molar-refractivity contribution in [1.29, 1.82) is 0 Å². The van der Waals surface area contributed by atoms with Crippen LogP contribution in [0, 0.1) is 11.3 Å². The highest BCUT2D eigenvalue weighted by Crippen LogP contribution is 2.31. The van der Waals surface area contributed by atoms with Gasteiger partial charge in [0.15, 0.2) is 5.78 Å². The van der Waals surface area contributed by atoms with Gasteiger partial charge < -0.3 is 10.4 Å². The fourth-order valence-corrected chi connectivity index (χ4v) is 5.39. The monoisotopic (exact) mass is 528 g/mol. The van der Waals surface area contributed by atoms with Crippen molar-refractivity contribution in [3.8, 4) is 0 Å². The molecule has 0 unspecified atom stereocenters. The molecule has 3 aromatic rings. The minimum Gasteiger partial charge on any atom is -0.481 e. The number of benzene rings is 2. The highest BCUT2D eigenvalue weighted by Gasteiger charge is 2.24. The molecule has 39 heavy (non-hydrogen) atoms. The first kappa shape index (κ1) is 28.5. The van der Waals surface area contributed by atoms with Crippen molar-refractivity contribution >= 4 is 28.4 Å². The molecule has 0 atom stereocenters. The Balaban J connectivity index is 1.65. The predicted octanol–water partition coefficient (Wildman–Crippen LogP) is 6.73. The molecular weight excluding hydrogens is 488 g/mol. The number of nitrogens with one attached hydrogen (secondary N) is 1. The summed E-state index contributed by atoms with van der Waals surface area (Å²) >= 11 is 0. The minimum absolute atomic E-state index is 0.0152. The molecule has 0 radical (unpaired) electrons. The van der Waals surface area contributed by atoms with Crippen molar-refractivity contribution in [1.82, 2.24) is 10.3 Å². The van der Waals surface area contributed by atoms with Crippen LogP contribution in [0.3, 0.4) is 0 Å². The second kappa shape index (κ2) is 11.3. The average Bonchev–Trinajstić information content (AvgIpc) is 3.38. The van der Waals surface area contributed by atoms with Crippen LogP contribution in [0.2, 0.25) is 0 Å². The molecule has 1 aliphatic carbocycles. The zero-order chi connectivity index (χ0) is 28.4. The Hall–Kier alpha value is -3.54. The number of aliphatic carboxylic acids is 1. The number of fused-ring (bicyclic) bond motifs is 1. The molecular formula is C33H40N2O4. The van der Waals surface area contributed by atoms with E-state index < -0.39 is 11.4 Å². The molecule has 1 aromatic heterocycles. The largest absolute Gasteiger partial charge is 0.481 e. The van der Waals surface area contributed by atoms with Gasteiger partial charge in [0.25, 0.3) is 5.91 Å². The number of aromatic nitrogens is 1. The molecule has 0 saturated heterocycles. The minimum atomic E-state index is -0.896. The Labute approximate surface area is 231 Å². The fourth-order valence-electron chi connectivity index (χ4n) is 5.39. The van der Waals surface area contributed by atoms with Crippen molar-refractivity contribution in [2.24, 2.45) is 11.3 Å². The lowest BCUT2D eigenvalue weighted by atomic mass is 9.86. The first-order valence-electron chi connectivity index (χ1n) is 13.9. The van der Waals surface area contributed by atoms with Gasteiger partial charge >= 0.3 is 5.97 Å². The summed E-state index contributed by atoms with van der Waals surface area (Å²) in [6.07, 6.45) is 5.41. The van der Waals surface area contributed by atoms with E-state index in [1.807, 2.05) is 56.3 Å². The summed E-state index contributed by atoms with van der Waals surface area (Å²) in [5.74, 6) is -0.737. The quantitative estimate of drug-likeness (QED) is 0.300. The van der Waals surface area contributed by atoms with Crippen LogP contribution >= 0.6 is 0 Å². The number of amides is 1. The molecule has 1 heterocycles. The molecule has 6 nitrogen and oxygen atoms in total. The van der Waals surface area contributed by atoms with Gasteiger partial charge in [-0.2, -0.15) is 0 Å². The number of carboxylic acid groups (broad SMARTS) is 1. The number of carboxylic acids is 1. The SMILES string of the molecule is CC(C)(CNC(=O)c1cc2ccc(C(=O)c3ccc(C(C)(C)C)cc3)cc2c(CC2CCCC2)n1)CC(=O)O. The normalized spacial score (nSPS) is 14.5. The van der Waals surface area contributed by atoms with Gasteiger partial charge in [0.2, 0.25) is 0 Å². The van der Waals surface area contributed by atoms with Crippen molar-refractivity contribution in [2.45, 2.75) is 78.6 Å². The maximum Gasteiger partial charge on any atom is 0.303 e. The van der Waals surface area contributed by atoms with Crippen LogP contribution in [0.15, 0.2) is 48.5 Å². The van der Waals surface area contributed by atoms with Gasteiger partial charge in [0.1, 0.15) is 5.69 Å². The van der Waals surface area contributed by atoms with Crippen molar-refractivity contribution in [3.05, 3.63) is 76.6 Å². The summed E-state index contributed by atoms with van der Waals surface area (Å²) in [6.45, 7) is 10.3. The first-order valence-corrected chi connectivity index (χ1v) is 13.9. The summed E-state index contributed by atoms with van der Waals surface area (Å²) in [7, 11) is 0. The molecule has 0 aliphatic heterocycles. The van der Waals surface area contributed by atoms with Crippen molar-refractivity contribution in [2.75, 3.05) is 6.54 Å². The third-order valence-electron chi connectivity index (χ3n) is 7.73. The van der Waals surface area contributed by atoms with E-state index in [1.165, 1.54) is 18.4 Å². The Morgan fingerprint density at radius 2 is 1.56 bits per heavy atom. The lowest BCUT2D eigenvalue weighted by Crippen LogP contribution is -2.35. The zero-order valence-electron chi connectivity index (χ0n) is 23.8. The van der Waals surface area contributed by atoms with Crippen molar-refractivity contribution < 1.29 is 19.5 Å². The second-order valence-corrected chi connectivity index (χ2v) is 12.8. The fraction of sp³-hybridized carbons (Fsp3) is 0.455. The lowest BCUT2D eigenvalue weighted by molar-refractivity contribution is -0.139. The summed E-state index contributed by atoms with van der Waals surface area (Å²) in [5.41, 5.74) is 3.02. The first-order chi connectivity index (χ1) is 18.3. The molecule has 1 saturated carbocycles. The van der Waals surface area contributed by atoms with Gasteiger partial charge in [-0.25, -0.2) is 4.98 Å². The number of nitrogens with zero attached hydrogens (tertiary/aromatic N) is 1. The highest BCUT2D eigenvalue weighted by atomic mass is 16.4. The van der Waals surface area contributed by atoms with Crippen LogP contribution in [-0.2, 0) is 16.6 Å². The summed E-state index contributed by atoms with van der Waals surface area (Å²) in [5, 5.41) is 13.8. The molecule has 6 heteroatoms. The van der Waals surface area contributed by atoms with Gasteiger partial charge in [-0.15, -0.1) is 0 Å². The van der Waals surface area contributed by atoms with E-state index in [4.69, 9.17) is 10.1 Å². The van der Waals surface area contributed by atoms with Crippen LogP contribution < -0.4 is 5.32 Å². The van der Waals surface area contributed by atoms with E-state index in [2.05, 4.69) is 26.1 Å². The van der Waals surface area contributed by atoms with E-state index in [-0.39, 0.29) is 30.1 Å². The topological polar surface area (TPSA) is 96.4 Å². The molecule has 4 rings (SSSR count). The molecule has 0 spiro atoms. The van der Waals surface area contributed by atoms with Crippen LogP contribution in [0.4, 0.5) is 0 Å². The van der Waals surface area contributed by atoms with Crippen molar-refractivity contribution in [3.63, 3.8) is 0 Å². The second-order valence-electron chi connectivity index (χ2n) is 12.8. The molecule has 1 aliphatic rings. The van der Waals surface area contributed by atoms with Gasteiger partial charge in [0.05, 0.1) is 6.42 Å². The van der Waals surface area contributed by atoms with Crippen LogP contribution in [0.5, 0.6) is 0 Å². The highest BCUT2D eigenvalue weighted by molar-refractivity contribution is 6.11. The molecule has 2 aromatic carbocycles. The van der Waals surface area contributed by atoms with E-state index in [9.17, 15) is 14.4 Å². The summed E-state index contributed by atoms with van der Waals surface area (Å²) in [4.78, 5) is 42.5. The van der Waals surface area contributed by atoms with Gasteiger partial charge in [0, 0.05) is 28.8 Å². The number of ketones is 1. The Morgan fingerprint density at radius 3 is 2.18 bits per heavy atom. The third kappa shape index (κ3) is 7.11. The standard InChI is InChI=1S/C33H40N2O4/c1-32(2,3)25-14-12-22(13-15-25)30(38)24-11-10-23-18-28(31(39)34-20-33(4,5)19-29(36)37)35-27(26(23)17-24)16-21-8-6-7-9-21/h10-15,17-18,21H,6-9,16,19-20H2,1-5H3,(H,34,39)(H,36,37). The number of pyridine rings is 1.